The van der Waals surface area contributed by atoms with Crippen LogP contribution in [0.15, 0.2) is 96.2 Å². The van der Waals surface area contributed by atoms with Gasteiger partial charge in [-0.25, -0.2) is 13.8 Å². The normalized spacial score (nSPS) is 11.5. The number of hydrogen-bond acceptors (Lipinski definition) is 4. The average Bonchev–Trinajstić information content (AvgIpc) is 3.34. The summed E-state index contributed by atoms with van der Waals surface area (Å²) in [4.78, 5) is 16.8. The molecule has 0 saturated carbocycles. The quantitative estimate of drug-likeness (QED) is 0.330. The molecule has 0 saturated heterocycles. The summed E-state index contributed by atoms with van der Waals surface area (Å²) in [6.07, 6.45) is -0.282. The second-order valence-electron chi connectivity index (χ2n) is 7.53. The zero-order valence-electron chi connectivity index (χ0n) is 17.8. The molecule has 0 spiro atoms. The highest BCUT2D eigenvalue weighted by Crippen LogP contribution is 2.31. The monoisotopic (exact) mass is 477 g/mol. The molecular weight excluding hydrogens is 462 g/mol. The van der Waals surface area contributed by atoms with E-state index in [1.54, 1.807) is 30.5 Å². The average molecular weight is 477 g/mol. The lowest BCUT2D eigenvalue weighted by Crippen LogP contribution is -2.15. The van der Waals surface area contributed by atoms with E-state index in [-0.39, 0.29) is 22.8 Å². The first kappa shape index (κ1) is 22.2. The fourth-order valence-electron chi connectivity index (χ4n) is 3.61. The number of hydrogen-bond donors (Lipinski definition) is 0. The third-order valence-electron chi connectivity index (χ3n) is 5.27. The van der Waals surface area contributed by atoms with E-state index in [2.05, 4.69) is 15.2 Å². The van der Waals surface area contributed by atoms with Crippen molar-refractivity contribution >= 4 is 0 Å². The third kappa shape index (κ3) is 4.33. The van der Waals surface area contributed by atoms with Gasteiger partial charge in [-0.15, -0.1) is 0 Å². The Morgan fingerprint density at radius 3 is 2.46 bits per heavy atom. The topological polar surface area (TPSA) is 65.6 Å². The van der Waals surface area contributed by atoms with E-state index in [0.717, 1.165) is 12.1 Å². The van der Waals surface area contributed by atoms with Gasteiger partial charge in [-0.1, -0.05) is 18.2 Å². The van der Waals surface area contributed by atoms with Crippen molar-refractivity contribution in [2.75, 3.05) is 0 Å². The summed E-state index contributed by atoms with van der Waals surface area (Å²) in [6, 6.07) is 17.0. The number of rotatable bonds is 4. The first-order valence-corrected chi connectivity index (χ1v) is 10.3. The Bertz CT molecular complexity index is 1580. The zero-order valence-corrected chi connectivity index (χ0v) is 17.8. The van der Waals surface area contributed by atoms with Crippen LogP contribution in [0.1, 0.15) is 5.56 Å². The van der Waals surface area contributed by atoms with Crippen LogP contribution in [-0.2, 0) is 6.18 Å². The molecule has 0 amide bonds. The molecule has 3 aromatic heterocycles. The van der Waals surface area contributed by atoms with Gasteiger partial charge in [0.2, 0.25) is 5.43 Å². The summed E-state index contributed by atoms with van der Waals surface area (Å²) < 4.78 is 56.9. The molecule has 0 radical (unpaired) electrons. The Balaban J connectivity index is 1.57. The molecule has 10 heteroatoms. The van der Waals surface area contributed by atoms with Crippen LogP contribution in [0, 0.1) is 5.82 Å². The van der Waals surface area contributed by atoms with E-state index in [0.29, 0.717) is 11.3 Å². The summed E-state index contributed by atoms with van der Waals surface area (Å²) in [5.74, 6) is -0.596. The van der Waals surface area contributed by atoms with Gasteiger partial charge in [-0.05, 0) is 48.5 Å². The van der Waals surface area contributed by atoms with Crippen molar-refractivity contribution in [1.82, 2.24) is 24.5 Å². The van der Waals surface area contributed by atoms with Crippen molar-refractivity contribution < 1.29 is 17.6 Å². The molecular formula is C25H15F4N5O. The molecule has 0 N–H and O–H groups in total. The lowest BCUT2D eigenvalue weighted by Gasteiger charge is -2.12. The summed E-state index contributed by atoms with van der Waals surface area (Å²) in [5, 5.41) is 8.34. The Morgan fingerprint density at radius 2 is 1.71 bits per heavy atom. The largest absolute Gasteiger partial charge is 0.416 e. The minimum absolute atomic E-state index is 0.0797. The SMILES string of the molecule is O=c1ccn(-c2ccc(-c3ccccn3)cc2F)nc1-c1ccnn1-c1cccc(C(F)(F)F)c1. The Kier molecular flexibility index (Phi) is 5.48. The first-order chi connectivity index (χ1) is 16.8. The fourth-order valence-corrected chi connectivity index (χ4v) is 3.61. The van der Waals surface area contributed by atoms with E-state index in [1.807, 2.05) is 0 Å². The van der Waals surface area contributed by atoms with Crippen LogP contribution in [0.2, 0.25) is 0 Å². The van der Waals surface area contributed by atoms with Crippen molar-refractivity contribution in [3.63, 3.8) is 0 Å². The van der Waals surface area contributed by atoms with E-state index in [4.69, 9.17) is 0 Å². The van der Waals surface area contributed by atoms with Crippen LogP contribution < -0.4 is 5.43 Å². The number of nitrogens with zero attached hydrogens (tertiary/aromatic N) is 5. The predicted octanol–water partition coefficient (Wildman–Crippen LogP) is 5.31. The van der Waals surface area contributed by atoms with E-state index < -0.39 is 23.0 Å². The van der Waals surface area contributed by atoms with Crippen molar-refractivity contribution in [1.29, 1.82) is 0 Å². The van der Waals surface area contributed by atoms with E-state index in [9.17, 15) is 18.0 Å². The van der Waals surface area contributed by atoms with Crippen LogP contribution in [0.3, 0.4) is 0 Å². The van der Waals surface area contributed by atoms with Gasteiger partial charge in [0.1, 0.15) is 11.5 Å². The number of benzene rings is 2. The summed E-state index contributed by atoms with van der Waals surface area (Å²) >= 11 is 0. The standard InChI is InChI=1S/C25H15F4N5O/c26-19-14-16(20-6-1-2-11-30-20)7-8-21(19)33-13-10-23(35)24(32-33)22-9-12-31-34(22)18-5-3-4-17(15-18)25(27,28)29/h1-15H. The van der Waals surface area contributed by atoms with Crippen molar-refractivity contribution in [2.24, 2.45) is 0 Å². The minimum Gasteiger partial charge on any atom is -0.287 e. The lowest BCUT2D eigenvalue weighted by molar-refractivity contribution is -0.137. The maximum Gasteiger partial charge on any atom is 0.416 e. The van der Waals surface area contributed by atoms with Gasteiger partial charge in [-0.3, -0.25) is 9.78 Å². The highest BCUT2D eigenvalue weighted by atomic mass is 19.4. The van der Waals surface area contributed by atoms with Crippen molar-refractivity contribution in [3.05, 3.63) is 113 Å². The lowest BCUT2D eigenvalue weighted by atomic mass is 10.1. The van der Waals surface area contributed by atoms with Crippen molar-refractivity contribution in [2.45, 2.75) is 6.18 Å². The van der Waals surface area contributed by atoms with Crippen LogP contribution in [0.25, 0.3) is 34.0 Å². The molecule has 0 unspecified atom stereocenters. The number of alkyl halides is 3. The van der Waals surface area contributed by atoms with Gasteiger partial charge >= 0.3 is 6.18 Å². The Labute approximate surface area is 195 Å². The van der Waals surface area contributed by atoms with Crippen molar-refractivity contribution in [3.8, 4) is 34.0 Å². The zero-order chi connectivity index (χ0) is 24.6. The van der Waals surface area contributed by atoms with E-state index in [1.165, 1.54) is 58.2 Å². The highest BCUT2D eigenvalue weighted by Gasteiger charge is 2.30. The number of halogens is 4. The molecule has 3 heterocycles. The summed E-state index contributed by atoms with van der Waals surface area (Å²) in [5.41, 5.74) is 0.0425. The molecule has 0 bridgehead atoms. The molecule has 35 heavy (non-hydrogen) atoms. The summed E-state index contributed by atoms with van der Waals surface area (Å²) in [7, 11) is 0. The highest BCUT2D eigenvalue weighted by molar-refractivity contribution is 5.61. The molecule has 174 valence electrons. The second kappa shape index (κ2) is 8.64. The van der Waals surface area contributed by atoms with Crippen LogP contribution in [0.4, 0.5) is 17.6 Å². The van der Waals surface area contributed by atoms with E-state index >= 15 is 4.39 Å². The van der Waals surface area contributed by atoms with Gasteiger partial charge < -0.3 is 0 Å². The maximum atomic E-state index is 15.0. The van der Waals surface area contributed by atoms with Gasteiger partial charge in [0.15, 0.2) is 5.69 Å². The molecule has 2 aromatic carbocycles. The molecule has 0 aliphatic heterocycles. The van der Waals surface area contributed by atoms with Gasteiger partial charge in [0, 0.05) is 24.0 Å². The second-order valence-corrected chi connectivity index (χ2v) is 7.53. The molecule has 0 aliphatic carbocycles. The molecule has 5 rings (SSSR count). The molecule has 0 fully saturated rings. The third-order valence-corrected chi connectivity index (χ3v) is 5.27. The minimum atomic E-state index is -4.54. The predicted molar refractivity (Wildman–Crippen MR) is 121 cm³/mol. The van der Waals surface area contributed by atoms with Gasteiger partial charge in [0.25, 0.3) is 0 Å². The molecule has 5 aromatic rings. The van der Waals surface area contributed by atoms with Gasteiger partial charge in [-0.2, -0.15) is 23.4 Å². The summed E-state index contributed by atoms with van der Waals surface area (Å²) in [6.45, 7) is 0. The Morgan fingerprint density at radius 1 is 0.857 bits per heavy atom. The Hall–Kier alpha value is -4.60. The van der Waals surface area contributed by atoms with Crippen LogP contribution >= 0.6 is 0 Å². The number of aromatic nitrogens is 5. The van der Waals surface area contributed by atoms with Crippen LogP contribution in [-0.4, -0.2) is 24.5 Å². The first-order valence-electron chi connectivity index (χ1n) is 10.3. The molecule has 0 aliphatic rings. The fraction of sp³-hybridized carbons (Fsp3) is 0.0400. The van der Waals surface area contributed by atoms with Crippen LogP contribution in [0.5, 0.6) is 0 Å². The molecule has 0 atom stereocenters. The number of pyridine rings is 1. The smallest absolute Gasteiger partial charge is 0.287 e. The van der Waals surface area contributed by atoms with Gasteiger partial charge in [0.05, 0.1) is 28.8 Å². The molecule has 6 nitrogen and oxygen atoms in total. The maximum absolute atomic E-state index is 15.0.